The molecule has 0 aliphatic rings. The molecule has 2 heterocycles. The lowest BCUT2D eigenvalue weighted by atomic mass is 10.3. The van der Waals surface area contributed by atoms with E-state index in [2.05, 4.69) is 10.3 Å². The summed E-state index contributed by atoms with van der Waals surface area (Å²) in [6.07, 6.45) is 0. The van der Waals surface area contributed by atoms with Crippen molar-refractivity contribution in [3.05, 3.63) is 65.8 Å². The number of benzene rings is 2. The van der Waals surface area contributed by atoms with E-state index >= 15 is 0 Å². The molecule has 0 unspecified atom stereocenters. The maximum atomic E-state index is 13.5. The van der Waals surface area contributed by atoms with E-state index in [0.29, 0.717) is 5.00 Å². The predicted molar refractivity (Wildman–Crippen MR) is 103 cm³/mol. The highest BCUT2D eigenvalue weighted by molar-refractivity contribution is 7.22. The summed E-state index contributed by atoms with van der Waals surface area (Å²) in [5.74, 6) is -0.787. The normalized spacial score (nSPS) is 10.8. The minimum atomic E-state index is -0.494. The lowest BCUT2D eigenvalue weighted by molar-refractivity contribution is -0.118. The van der Waals surface area contributed by atoms with Crippen LogP contribution in [0.4, 0.5) is 9.39 Å². The number of aromatic nitrogens is 1. The molecular weight excluding hydrogens is 371 g/mol. The fraction of sp³-hybridized carbons (Fsp3) is 0.0526. The van der Waals surface area contributed by atoms with Crippen LogP contribution in [0.3, 0.4) is 0 Å². The van der Waals surface area contributed by atoms with E-state index in [0.717, 1.165) is 20.8 Å². The fourth-order valence-corrected chi connectivity index (χ4v) is 4.30. The minimum Gasteiger partial charge on any atom is -0.481 e. The van der Waals surface area contributed by atoms with Gasteiger partial charge in [0.1, 0.15) is 10.0 Å². The van der Waals surface area contributed by atoms with Crippen molar-refractivity contribution in [3.63, 3.8) is 0 Å². The predicted octanol–water partition coefficient (Wildman–Crippen LogP) is 5.18. The lowest BCUT2D eigenvalue weighted by Crippen LogP contribution is -2.20. The second-order valence-electron chi connectivity index (χ2n) is 5.42. The first-order valence-electron chi connectivity index (χ1n) is 7.81. The van der Waals surface area contributed by atoms with E-state index in [-0.39, 0.29) is 18.3 Å². The van der Waals surface area contributed by atoms with Crippen molar-refractivity contribution in [2.75, 3.05) is 11.9 Å². The van der Waals surface area contributed by atoms with Gasteiger partial charge in [0, 0.05) is 5.56 Å². The van der Waals surface area contributed by atoms with Crippen molar-refractivity contribution in [2.24, 2.45) is 0 Å². The maximum absolute atomic E-state index is 13.5. The number of thiazole rings is 1. The number of fused-ring (bicyclic) bond motifs is 1. The molecule has 0 atom stereocenters. The number of amides is 1. The van der Waals surface area contributed by atoms with Crippen molar-refractivity contribution in [1.82, 2.24) is 4.98 Å². The monoisotopic (exact) mass is 384 g/mol. The Morgan fingerprint density at radius 2 is 1.92 bits per heavy atom. The second-order valence-corrected chi connectivity index (χ2v) is 7.36. The Balaban J connectivity index is 1.48. The number of hydrogen-bond acceptors (Lipinski definition) is 5. The SMILES string of the molecule is O=C(COc1ccccc1F)Nc1sccc1-c1nc2ccccc2s1. The number of carbonyl (C=O) groups excluding carboxylic acids is 1. The summed E-state index contributed by atoms with van der Waals surface area (Å²) in [5, 5.41) is 6.26. The molecule has 1 N–H and O–H groups in total. The molecule has 4 aromatic rings. The van der Waals surface area contributed by atoms with Crippen molar-refractivity contribution in [2.45, 2.75) is 0 Å². The van der Waals surface area contributed by atoms with Gasteiger partial charge < -0.3 is 10.1 Å². The molecule has 2 aromatic carbocycles. The summed E-state index contributed by atoms with van der Waals surface area (Å²) in [7, 11) is 0. The quantitative estimate of drug-likeness (QED) is 0.516. The van der Waals surface area contributed by atoms with Gasteiger partial charge >= 0.3 is 0 Å². The van der Waals surface area contributed by atoms with Gasteiger partial charge in [-0.1, -0.05) is 24.3 Å². The minimum absolute atomic E-state index is 0.0558. The highest BCUT2D eigenvalue weighted by atomic mass is 32.1. The zero-order chi connectivity index (χ0) is 17.9. The van der Waals surface area contributed by atoms with Crippen molar-refractivity contribution < 1.29 is 13.9 Å². The molecule has 0 saturated carbocycles. The topological polar surface area (TPSA) is 51.2 Å². The first-order valence-corrected chi connectivity index (χ1v) is 9.51. The number of halogens is 1. The summed E-state index contributed by atoms with van der Waals surface area (Å²) < 4.78 is 19.9. The smallest absolute Gasteiger partial charge is 0.262 e. The first kappa shape index (κ1) is 16.7. The zero-order valence-electron chi connectivity index (χ0n) is 13.4. The third kappa shape index (κ3) is 3.44. The number of thiophene rings is 1. The van der Waals surface area contributed by atoms with E-state index in [4.69, 9.17) is 4.74 Å². The van der Waals surface area contributed by atoms with Gasteiger partial charge in [-0.2, -0.15) is 0 Å². The third-order valence-electron chi connectivity index (χ3n) is 3.64. The number of nitrogens with one attached hydrogen (secondary N) is 1. The Labute approximate surface area is 156 Å². The molecular formula is C19H13FN2O2S2. The molecule has 1 amide bonds. The van der Waals surface area contributed by atoms with Gasteiger partial charge in [0.05, 0.1) is 10.2 Å². The molecule has 0 radical (unpaired) electrons. The zero-order valence-corrected chi connectivity index (χ0v) is 15.1. The van der Waals surface area contributed by atoms with Gasteiger partial charge in [-0.15, -0.1) is 22.7 Å². The van der Waals surface area contributed by atoms with Crippen molar-refractivity contribution >= 4 is 43.8 Å². The van der Waals surface area contributed by atoms with Gasteiger partial charge in [0.2, 0.25) is 0 Å². The average molecular weight is 384 g/mol. The number of nitrogens with zero attached hydrogens (tertiary/aromatic N) is 1. The molecule has 0 fully saturated rings. The van der Waals surface area contributed by atoms with Crippen molar-refractivity contribution in [3.8, 4) is 16.3 Å². The summed E-state index contributed by atoms with van der Waals surface area (Å²) >= 11 is 2.98. The molecule has 4 nitrogen and oxygen atoms in total. The maximum Gasteiger partial charge on any atom is 0.262 e. The van der Waals surface area contributed by atoms with Crippen LogP contribution in [0.25, 0.3) is 20.8 Å². The van der Waals surface area contributed by atoms with Crippen molar-refractivity contribution in [1.29, 1.82) is 0 Å². The first-order chi connectivity index (χ1) is 12.7. The van der Waals surface area contributed by atoms with Crippen LogP contribution in [0, 0.1) is 5.82 Å². The van der Waals surface area contributed by atoms with Crippen LogP contribution in [0.2, 0.25) is 0 Å². The Bertz CT molecular complexity index is 1040. The molecule has 0 aliphatic heterocycles. The third-order valence-corrected chi connectivity index (χ3v) is 5.54. The Morgan fingerprint density at radius 3 is 2.77 bits per heavy atom. The molecule has 0 saturated heterocycles. The summed E-state index contributed by atoms with van der Waals surface area (Å²) in [4.78, 5) is 16.8. The number of anilines is 1. The van der Waals surface area contributed by atoms with Crippen LogP contribution in [0.1, 0.15) is 0 Å². The van der Waals surface area contributed by atoms with Crippen LogP contribution < -0.4 is 10.1 Å². The second kappa shape index (κ2) is 7.23. The molecule has 130 valence electrons. The van der Waals surface area contributed by atoms with Crippen LogP contribution in [-0.4, -0.2) is 17.5 Å². The molecule has 4 rings (SSSR count). The van der Waals surface area contributed by atoms with Gasteiger partial charge in [0.15, 0.2) is 18.2 Å². The number of rotatable bonds is 5. The summed E-state index contributed by atoms with van der Waals surface area (Å²) in [5.41, 5.74) is 1.80. The number of hydrogen-bond donors (Lipinski definition) is 1. The van der Waals surface area contributed by atoms with E-state index in [1.807, 2.05) is 35.7 Å². The number of para-hydroxylation sites is 2. The van der Waals surface area contributed by atoms with E-state index in [9.17, 15) is 9.18 Å². The van der Waals surface area contributed by atoms with Crippen LogP contribution >= 0.6 is 22.7 Å². The molecule has 0 aliphatic carbocycles. The van der Waals surface area contributed by atoms with Gasteiger partial charge in [-0.25, -0.2) is 9.37 Å². The van der Waals surface area contributed by atoms with Gasteiger partial charge in [-0.3, -0.25) is 4.79 Å². The Kier molecular flexibility index (Phi) is 4.64. The Morgan fingerprint density at radius 1 is 1.12 bits per heavy atom. The molecule has 0 spiro atoms. The van der Waals surface area contributed by atoms with Crippen LogP contribution in [0.5, 0.6) is 5.75 Å². The van der Waals surface area contributed by atoms with Crippen LogP contribution in [0.15, 0.2) is 60.0 Å². The summed E-state index contributed by atoms with van der Waals surface area (Å²) in [6.45, 7) is -0.266. The average Bonchev–Trinajstić information content (AvgIpc) is 3.27. The Hall–Kier alpha value is -2.77. The standard InChI is InChI=1S/C19H13FN2O2S2/c20-13-5-1-3-7-15(13)24-11-17(23)22-18-12(9-10-25-18)19-21-14-6-2-4-8-16(14)26-19/h1-10H,11H2,(H,22,23). The van der Waals surface area contributed by atoms with E-state index < -0.39 is 5.82 Å². The fourth-order valence-electron chi connectivity index (χ4n) is 2.43. The lowest BCUT2D eigenvalue weighted by Gasteiger charge is -2.08. The molecule has 0 bridgehead atoms. The van der Waals surface area contributed by atoms with Crippen LogP contribution in [-0.2, 0) is 4.79 Å². The number of ether oxygens (including phenoxy) is 1. The highest BCUT2D eigenvalue weighted by Crippen LogP contribution is 2.37. The van der Waals surface area contributed by atoms with E-state index in [1.54, 1.807) is 23.5 Å². The van der Waals surface area contributed by atoms with E-state index in [1.165, 1.54) is 23.5 Å². The largest absolute Gasteiger partial charge is 0.481 e. The highest BCUT2D eigenvalue weighted by Gasteiger charge is 2.14. The summed E-state index contributed by atoms with van der Waals surface area (Å²) in [6, 6.07) is 15.8. The van der Waals surface area contributed by atoms with Gasteiger partial charge in [-0.05, 0) is 35.7 Å². The number of carbonyl (C=O) groups is 1. The van der Waals surface area contributed by atoms with Gasteiger partial charge in [0.25, 0.3) is 5.91 Å². The molecule has 2 aromatic heterocycles. The molecule has 26 heavy (non-hydrogen) atoms. The molecule has 7 heteroatoms.